The summed E-state index contributed by atoms with van der Waals surface area (Å²) in [5.74, 6) is -4.76. The van der Waals surface area contributed by atoms with Crippen molar-refractivity contribution in [2.45, 2.75) is 0 Å². The highest BCUT2D eigenvalue weighted by Crippen LogP contribution is 2.31. The number of fused-ring (bicyclic) bond motifs is 1. The second-order valence-corrected chi connectivity index (χ2v) is 5.73. The van der Waals surface area contributed by atoms with Crippen LogP contribution in [0.2, 0.25) is 0 Å². The van der Waals surface area contributed by atoms with Gasteiger partial charge in [0.1, 0.15) is 13.2 Å². The van der Waals surface area contributed by atoms with Gasteiger partial charge in [0.25, 0.3) is 0 Å². The molecule has 2 aromatic carbocycles. The Morgan fingerprint density at radius 2 is 1.75 bits per heavy atom. The molecular weight excluding hydrogens is 377 g/mol. The molecule has 0 bridgehead atoms. The van der Waals surface area contributed by atoms with Crippen molar-refractivity contribution >= 4 is 23.6 Å². The van der Waals surface area contributed by atoms with Gasteiger partial charge in [-0.2, -0.15) is 0 Å². The monoisotopic (exact) mass is 392 g/mol. The normalized spacial score (nSPS) is 12.7. The van der Waals surface area contributed by atoms with E-state index in [2.05, 4.69) is 10.6 Å². The van der Waals surface area contributed by atoms with Crippen LogP contribution < -0.4 is 20.1 Å². The van der Waals surface area contributed by atoms with E-state index in [4.69, 9.17) is 9.47 Å². The van der Waals surface area contributed by atoms with Crippen LogP contribution in [0.4, 0.5) is 18.9 Å². The van der Waals surface area contributed by atoms with Crippen LogP contribution in [-0.2, 0) is 9.59 Å². The average molecular weight is 392 g/mol. The number of carbonyl (C=O) groups is 2. The predicted octanol–water partition coefficient (Wildman–Crippen LogP) is 2.64. The summed E-state index contributed by atoms with van der Waals surface area (Å²) < 4.78 is 50.3. The molecule has 0 radical (unpaired) electrons. The third-order valence-electron chi connectivity index (χ3n) is 3.73. The number of benzene rings is 2. The first-order chi connectivity index (χ1) is 13.4. The van der Waals surface area contributed by atoms with Crippen molar-refractivity contribution in [1.82, 2.24) is 5.32 Å². The summed E-state index contributed by atoms with van der Waals surface area (Å²) in [6.07, 6.45) is 2.72. The molecule has 0 aliphatic carbocycles. The Bertz CT molecular complexity index is 947. The van der Waals surface area contributed by atoms with Gasteiger partial charge in [0.05, 0.1) is 12.2 Å². The molecule has 0 unspecified atom stereocenters. The summed E-state index contributed by atoms with van der Waals surface area (Å²) in [5.41, 5.74) is 0.165. The molecule has 146 valence electrons. The Kier molecular flexibility index (Phi) is 5.83. The van der Waals surface area contributed by atoms with Gasteiger partial charge in [-0.05, 0) is 35.9 Å². The van der Waals surface area contributed by atoms with E-state index in [1.165, 1.54) is 12.2 Å². The quantitative estimate of drug-likeness (QED) is 0.606. The highest BCUT2D eigenvalue weighted by Gasteiger charge is 2.15. The maximum absolute atomic E-state index is 13.5. The number of hydrogen-bond donors (Lipinski definition) is 2. The fourth-order valence-corrected chi connectivity index (χ4v) is 2.38. The lowest BCUT2D eigenvalue weighted by Crippen LogP contribution is -2.32. The largest absolute Gasteiger partial charge is 0.486 e. The third kappa shape index (κ3) is 4.61. The van der Waals surface area contributed by atoms with Crippen molar-refractivity contribution in [3.63, 3.8) is 0 Å². The van der Waals surface area contributed by atoms with Crippen molar-refractivity contribution in [1.29, 1.82) is 0 Å². The molecule has 0 fully saturated rings. The predicted molar refractivity (Wildman–Crippen MR) is 94.4 cm³/mol. The molecule has 0 saturated heterocycles. The fraction of sp³-hybridized carbons (Fsp3) is 0.158. The Labute approximate surface area is 157 Å². The van der Waals surface area contributed by atoms with E-state index in [1.54, 1.807) is 18.2 Å². The fourth-order valence-electron chi connectivity index (χ4n) is 2.38. The number of carbonyl (C=O) groups excluding carboxylic acids is 2. The second-order valence-electron chi connectivity index (χ2n) is 5.73. The Balaban J connectivity index is 1.52. The molecular formula is C19H15F3N2O4. The van der Waals surface area contributed by atoms with Gasteiger partial charge in [0.15, 0.2) is 29.0 Å². The Morgan fingerprint density at radius 1 is 1.00 bits per heavy atom. The molecule has 2 aromatic rings. The van der Waals surface area contributed by atoms with Crippen LogP contribution in [-0.4, -0.2) is 31.6 Å². The van der Waals surface area contributed by atoms with Crippen LogP contribution >= 0.6 is 0 Å². The van der Waals surface area contributed by atoms with Crippen LogP contribution in [0.15, 0.2) is 36.4 Å². The highest BCUT2D eigenvalue weighted by atomic mass is 19.2. The van der Waals surface area contributed by atoms with Crippen LogP contribution in [0.25, 0.3) is 6.08 Å². The summed E-state index contributed by atoms with van der Waals surface area (Å²) in [6.45, 7) is 0.429. The van der Waals surface area contributed by atoms with E-state index in [0.717, 1.165) is 6.07 Å². The zero-order chi connectivity index (χ0) is 20.1. The zero-order valence-electron chi connectivity index (χ0n) is 14.4. The Morgan fingerprint density at radius 3 is 2.54 bits per heavy atom. The SMILES string of the molecule is O=C(/C=C/c1ccc2c(c1)OCCO2)NCC(=O)Nc1ccc(F)c(F)c1F. The molecule has 1 aliphatic rings. The van der Waals surface area contributed by atoms with Crippen LogP contribution in [0.1, 0.15) is 5.56 Å². The van der Waals surface area contributed by atoms with Crippen molar-refractivity contribution < 1.29 is 32.2 Å². The second kappa shape index (κ2) is 8.47. The minimum atomic E-state index is -1.69. The van der Waals surface area contributed by atoms with E-state index in [0.29, 0.717) is 36.3 Å². The third-order valence-corrected chi connectivity index (χ3v) is 3.73. The number of nitrogens with one attached hydrogen (secondary N) is 2. The first-order valence-corrected chi connectivity index (χ1v) is 8.23. The van der Waals surface area contributed by atoms with E-state index >= 15 is 0 Å². The van der Waals surface area contributed by atoms with Gasteiger partial charge in [-0.25, -0.2) is 13.2 Å². The number of halogens is 3. The molecule has 28 heavy (non-hydrogen) atoms. The maximum atomic E-state index is 13.5. The van der Waals surface area contributed by atoms with Gasteiger partial charge in [0.2, 0.25) is 11.8 Å². The molecule has 2 amide bonds. The van der Waals surface area contributed by atoms with Crippen LogP contribution in [0.5, 0.6) is 11.5 Å². The lowest BCUT2D eigenvalue weighted by Gasteiger charge is -2.18. The van der Waals surface area contributed by atoms with Crippen LogP contribution in [0, 0.1) is 17.5 Å². The van der Waals surface area contributed by atoms with Crippen molar-refractivity contribution in [2.24, 2.45) is 0 Å². The van der Waals surface area contributed by atoms with E-state index in [1.807, 2.05) is 0 Å². The minimum Gasteiger partial charge on any atom is -0.486 e. The summed E-state index contributed by atoms with van der Waals surface area (Å²) >= 11 is 0. The number of hydrogen-bond acceptors (Lipinski definition) is 4. The van der Waals surface area contributed by atoms with Gasteiger partial charge in [-0.1, -0.05) is 6.07 Å². The molecule has 0 aromatic heterocycles. The molecule has 0 spiro atoms. The summed E-state index contributed by atoms with van der Waals surface area (Å²) in [5, 5.41) is 4.35. The number of anilines is 1. The summed E-state index contributed by atoms with van der Waals surface area (Å²) in [7, 11) is 0. The molecule has 1 heterocycles. The lowest BCUT2D eigenvalue weighted by atomic mass is 10.2. The summed E-state index contributed by atoms with van der Waals surface area (Å²) in [4.78, 5) is 23.5. The Hall–Kier alpha value is -3.49. The summed E-state index contributed by atoms with van der Waals surface area (Å²) in [6, 6.07) is 6.72. The average Bonchev–Trinajstić information content (AvgIpc) is 2.71. The van der Waals surface area contributed by atoms with Crippen molar-refractivity contribution in [2.75, 3.05) is 25.1 Å². The molecule has 9 heteroatoms. The maximum Gasteiger partial charge on any atom is 0.244 e. The van der Waals surface area contributed by atoms with Gasteiger partial charge in [-0.15, -0.1) is 0 Å². The molecule has 0 saturated carbocycles. The molecule has 3 rings (SSSR count). The molecule has 1 aliphatic heterocycles. The first kappa shape index (κ1) is 19.3. The van der Waals surface area contributed by atoms with E-state index < -0.39 is 41.5 Å². The zero-order valence-corrected chi connectivity index (χ0v) is 14.4. The standard InChI is InChI=1S/C19H15F3N2O4/c20-12-3-4-13(19(22)18(12)21)24-17(26)10-23-16(25)6-2-11-1-5-14-15(9-11)28-8-7-27-14/h1-6,9H,7-8,10H2,(H,23,25)(H,24,26)/b6-2+. The van der Waals surface area contributed by atoms with Crippen LogP contribution in [0.3, 0.4) is 0 Å². The molecule has 0 atom stereocenters. The van der Waals surface area contributed by atoms with Gasteiger partial charge >= 0.3 is 0 Å². The van der Waals surface area contributed by atoms with Gasteiger partial charge in [-0.3, -0.25) is 9.59 Å². The van der Waals surface area contributed by atoms with Gasteiger partial charge < -0.3 is 20.1 Å². The molecule has 6 nitrogen and oxygen atoms in total. The highest BCUT2D eigenvalue weighted by molar-refractivity contribution is 5.98. The van der Waals surface area contributed by atoms with E-state index in [9.17, 15) is 22.8 Å². The number of amides is 2. The first-order valence-electron chi connectivity index (χ1n) is 8.23. The minimum absolute atomic E-state index is 0.439. The number of rotatable bonds is 5. The molecule has 2 N–H and O–H groups in total. The topological polar surface area (TPSA) is 76.7 Å². The lowest BCUT2D eigenvalue weighted by molar-refractivity contribution is -0.121. The van der Waals surface area contributed by atoms with Gasteiger partial charge in [0, 0.05) is 6.08 Å². The van der Waals surface area contributed by atoms with Crippen molar-refractivity contribution in [3.05, 3.63) is 59.4 Å². The number of ether oxygens (including phenoxy) is 2. The smallest absolute Gasteiger partial charge is 0.244 e. The van der Waals surface area contributed by atoms with Crippen molar-refractivity contribution in [3.8, 4) is 11.5 Å². The van der Waals surface area contributed by atoms with E-state index in [-0.39, 0.29) is 0 Å².